The fourth-order valence-corrected chi connectivity index (χ4v) is 2.12. The van der Waals surface area contributed by atoms with Crippen molar-refractivity contribution in [1.82, 2.24) is 4.98 Å². The quantitative estimate of drug-likeness (QED) is 0.892. The highest BCUT2D eigenvalue weighted by Gasteiger charge is 2.19. The summed E-state index contributed by atoms with van der Waals surface area (Å²) in [5.41, 5.74) is 0.515. The van der Waals surface area contributed by atoms with Crippen molar-refractivity contribution in [3.8, 4) is 0 Å². The Morgan fingerprint density at radius 1 is 1.24 bits per heavy atom. The molecule has 106 valence electrons. The number of fused-ring (bicyclic) bond motifs is 1. The van der Waals surface area contributed by atoms with Crippen LogP contribution >= 0.6 is 0 Å². The van der Waals surface area contributed by atoms with Crippen LogP contribution in [0.2, 0.25) is 0 Å². The van der Waals surface area contributed by atoms with Crippen LogP contribution < -0.4 is 10.6 Å². The van der Waals surface area contributed by atoms with Gasteiger partial charge in [-0.2, -0.15) is 0 Å². The first-order valence-corrected chi connectivity index (χ1v) is 6.31. The molecule has 6 heteroatoms. The van der Waals surface area contributed by atoms with E-state index in [1.54, 1.807) is 12.1 Å². The number of carbonyl (C=O) groups is 1. The Morgan fingerprint density at radius 3 is 2.76 bits per heavy atom. The van der Waals surface area contributed by atoms with Crippen molar-refractivity contribution in [2.24, 2.45) is 0 Å². The van der Waals surface area contributed by atoms with Gasteiger partial charge in [0.25, 0.3) is 5.91 Å². The lowest BCUT2D eigenvalue weighted by Gasteiger charge is -2.16. The summed E-state index contributed by atoms with van der Waals surface area (Å²) >= 11 is 0. The van der Waals surface area contributed by atoms with Gasteiger partial charge in [-0.3, -0.25) is 4.79 Å². The zero-order chi connectivity index (χ0) is 14.8. The van der Waals surface area contributed by atoms with Gasteiger partial charge in [-0.1, -0.05) is 18.2 Å². The fourth-order valence-electron chi connectivity index (χ4n) is 2.12. The van der Waals surface area contributed by atoms with Crippen molar-refractivity contribution in [3.05, 3.63) is 59.3 Å². The molecule has 1 aliphatic heterocycles. The topological polar surface area (TPSA) is 54.0 Å². The normalized spacial score (nSPS) is 12.5. The minimum Gasteiger partial charge on any atom is -0.366 e. The standard InChI is InChI=1S/C15H11F2N3O/c16-10-4-1-5-11(17)13(10)15(21)20-12-6-8-19-14-9(12)3-2-7-18-14/h1-6,8H,7H2,(H2,18,19,20,21). The van der Waals surface area contributed by atoms with Crippen LogP contribution in [0.1, 0.15) is 15.9 Å². The molecule has 0 atom stereocenters. The number of carbonyl (C=O) groups excluding carboxylic acids is 1. The molecule has 4 nitrogen and oxygen atoms in total. The highest BCUT2D eigenvalue weighted by molar-refractivity contribution is 6.06. The van der Waals surface area contributed by atoms with E-state index in [2.05, 4.69) is 15.6 Å². The van der Waals surface area contributed by atoms with E-state index in [1.807, 2.05) is 6.08 Å². The van der Waals surface area contributed by atoms with E-state index in [1.165, 1.54) is 12.3 Å². The SMILES string of the molecule is O=C(Nc1ccnc2c1C=CCN2)c1c(F)cccc1F. The lowest BCUT2D eigenvalue weighted by atomic mass is 10.1. The lowest BCUT2D eigenvalue weighted by molar-refractivity contribution is 0.101. The molecule has 2 aromatic rings. The molecule has 0 radical (unpaired) electrons. The summed E-state index contributed by atoms with van der Waals surface area (Å²) in [6.07, 6.45) is 5.17. The van der Waals surface area contributed by atoms with Crippen LogP contribution in [-0.4, -0.2) is 17.4 Å². The number of anilines is 2. The Kier molecular flexibility index (Phi) is 3.35. The van der Waals surface area contributed by atoms with Crippen molar-refractivity contribution in [2.75, 3.05) is 17.2 Å². The number of amides is 1. The highest BCUT2D eigenvalue weighted by Crippen LogP contribution is 2.26. The second kappa shape index (κ2) is 5.32. The summed E-state index contributed by atoms with van der Waals surface area (Å²) in [6, 6.07) is 4.87. The lowest BCUT2D eigenvalue weighted by Crippen LogP contribution is -2.18. The van der Waals surface area contributed by atoms with Gasteiger partial charge in [0, 0.05) is 18.3 Å². The Labute approximate surface area is 119 Å². The number of hydrogen-bond donors (Lipinski definition) is 2. The van der Waals surface area contributed by atoms with E-state index in [0.717, 1.165) is 12.1 Å². The smallest absolute Gasteiger partial charge is 0.261 e. The predicted molar refractivity (Wildman–Crippen MR) is 76.1 cm³/mol. The summed E-state index contributed by atoms with van der Waals surface area (Å²) in [5.74, 6) is -2.02. The fraction of sp³-hybridized carbons (Fsp3) is 0.0667. The van der Waals surface area contributed by atoms with Gasteiger partial charge in [-0.15, -0.1) is 0 Å². The molecule has 0 saturated heterocycles. The third-order valence-electron chi connectivity index (χ3n) is 3.10. The molecule has 2 N–H and O–H groups in total. The monoisotopic (exact) mass is 287 g/mol. The summed E-state index contributed by atoms with van der Waals surface area (Å²) < 4.78 is 27.2. The number of nitrogens with one attached hydrogen (secondary N) is 2. The maximum Gasteiger partial charge on any atom is 0.261 e. The molecular formula is C15H11F2N3O. The van der Waals surface area contributed by atoms with Crippen LogP contribution in [0.15, 0.2) is 36.5 Å². The minimum absolute atomic E-state index is 0.441. The van der Waals surface area contributed by atoms with Gasteiger partial charge in [-0.05, 0) is 18.2 Å². The molecule has 1 aliphatic rings. The van der Waals surface area contributed by atoms with Gasteiger partial charge in [0.2, 0.25) is 0 Å². The molecule has 0 bridgehead atoms. The Balaban J connectivity index is 1.95. The van der Waals surface area contributed by atoms with Crippen LogP contribution in [0.25, 0.3) is 6.08 Å². The zero-order valence-electron chi connectivity index (χ0n) is 10.9. The molecule has 1 amide bonds. The van der Waals surface area contributed by atoms with Crippen LogP contribution in [0, 0.1) is 11.6 Å². The summed E-state index contributed by atoms with van der Waals surface area (Å²) in [4.78, 5) is 16.2. The van der Waals surface area contributed by atoms with E-state index in [-0.39, 0.29) is 0 Å². The molecule has 2 heterocycles. The number of hydrogen-bond acceptors (Lipinski definition) is 3. The average molecular weight is 287 g/mol. The number of nitrogens with zero attached hydrogens (tertiary/aromatic N) is 1. The van der Waals surface area contributed by atoms with E-state index in [9.17, 15) is 13.6 Å². The number of aromatic nitrogens is 1. The summed E-state index contributed by atoms with van der Waals surface area (Å²) in [6.45, 7) is 0.638. The third-order valence-corrected chi connectivity index (χ3v) is 3.10. The Bertz CT molecular complexity index is 723. The van der Waals surface area contributed by atoms with Gasteiger partial charge in [-0.25, -0.2) is 13.8 Å². The van der Waals surface area contributed by atoms with Gasteiger partial charge in [0.1, 0.15) is 23.0 Å². The molecular weight excluding hydrogens is 276 g/mol. The number of benzene rings is 1. The van der Waals surface area contributed by atoms with Crippen molar-refractivity contribution in [3.63, 3.8) is 0 Å². The second-order valence-electron chi connectivity index (χ2n) is 4.45. The van der Waals surface area contributed by atoms with Crippen LogP contribution in [0.4, 0.5) is 20.3 Å². The molecule has 1 aromatic heterocycles. The van der Waals surface area contributed by atoms with E-state index < -0.39 is 23.1 Å². The van der Waals surface area contributed by atoms with Gasteiger partial charge < -0.3 is 10.6 Å². The van der Waals surface area contributed by atoms with E-state index >= 15 is 0 Å². The summed E-state index contributed by atoms with van der Waals surface area (Å²) in [7, 11) is 0. The van der Waals surface area contributed by atoms with E-state index in [4.69, 9.17) is 0 Å². The maximum atomic E-state index is 13.6. The Morgan fingerprint density at radius 2 is 2.00 bits per heavy atom. The van der Waals surface area contributed by atoms with Crippen molar-refractivity contribution in [1.29, 1.82) is 0 Å². The molecule has 1 aromatic carbocycles. The zero-order valence-corrected chi connectivity index (χ0v) is 10.9. The second-order valence-corrected chi connectivity index (χ2v) is 4.45. The number of halogens is 2. The molecule has 0 fully saturated rings. The van der Waals surface area contributed by atoms with Gasteiger partial charge >= 0.3 is 0 Å². The molecule has 0 spiro atoms. The number of rotatable bonds is 2. The molecule has 0 aliphatic carbocycles. The van der Waals surface area contributed by atoms with Crippen LogP contribution in [0.5, 0.6) is 0 Å². The average Bonchev–Trinajstić information content (AvgIpc) is 2.47. The largest absolute Gasteiger partial charge is 0.366 e. The van der Waals surface area contributed by atoms with Crippen LogP contribution in [-0.2, 0) is 0 Å². The first-order chi connectivity index (χ1) is 10.2. The van der Waals surface area contributed by atoms with Crippen molar-refractivity contribution in [2.45, 2.75) is 0 Å². The predicted octanol–water partition coefficient (Wildman–Crippen LogP) is 3.05. The first kappa shape index (κ1) is 13.2. The van der Waals surface area contributed by atoms with E-state index in [0.29, 0.717) is 23.6 Å². The molecule has 0 saturated carbocycles. The first-order valence-electron chi connectivity index (χ1n) is 6.31. The Hall–Kier alpha value is -2.76. The summed E-state index contributed by atoms with van der Waals surface area (Å²) in [5, 5.41) is 5.56. The third kappa shape index (κ3) is 2.47. The van der Waals surface area contributed by atoms with Crippen molar-refractivity contribution < 1.29 is 13.6 Å². The van der Waals surface area contributed by atoms with Gasteiger partial charge in [0.15, 0.2) is 0 Å². The molecule has 0 unspecified atom stereocenters. The minimum atomic E-state index is -0.899. The maximum absolute atomic E-state index is 13.6. The number of pyridine rings is 1. The molecule has 21 heavy (non-hydrogen) atoms. The van der Waals surface area contributed by atoms with Crippen molar-refractivity contribution >= 4 is 23.5 Å². The van der Waals surface area contributed by atoms with Crippen LogP contribution in [0.3, 0.4) is 0 Å². The molecule has 3 rings (SSSR count). The highest BCUT2D eigenvalue weighted by atomic mass is 19.1. The van der Waals surface area contributed by atoms with Gasteiger partial charge in [0.05, 0.1) is 5.69 Å².